The molecule has 2 heterocycles. The van der Waals surface area contributed by atoms with Crippen molar-refractivity contribution in [3.05, 3.63) is 78.1 Å². The maximum absolute atomic E-state index is 12.6. The number of aliphatic hydroxyl groups excluding tert-OH is 1. The van der Waals surface area contributed by atoms with Crippen LogP contribution < -0.4 is 14.8 Å². The topological polar surface area (TPSA) is 118 Å². The molecule has 196 valence electrons. The highest BCUT2D eigenvalue weighted by Crippen LogP contribution is 2.32. The second kappa shape index (κ2) is 11.0. The minimum atomic E-state index is -3.94. The number of benzene rings is 2. The Morgan fingerprint density at radius 1 is 1.14 bits per heavy atom. The van der Waals surface area contributed by atoms with Gasteiger partial charge in [0.05, 0.1) is 11.0 Å². The minimum Gasteiger partial charge on any atom is -0.489 e. The molecule has 0 fully saturated rings. The highest BCUT2D eigenvalue weighted by molar-refractivity contribution is 7.90. The van der Waals surface area contributed by atoms with Crippen LogP contribution in [0.25, 0.3) is 11.1 Å². The third-order valence-electron chi connectivity index (χ3n) is 6.27. The number of hydrogen-bond donors (Lipinski definition) is 3. The van der Waals surface area contributed by atoms with E-state index < -0.39 is 27.4 Å². The second-order valence-corrected chi connectivity index (χ2v) is 12.0. The number of rotatable bonds is 8. The van der Waals surface area contributed by atoms with Crippen molar-refractivity contribution in [2.45, 2.75) is 50.7 Å². The first-order valence-corrected chi connectivity index (χ1v) is 13.8. The van der Waals surface area contributed by atoms with Crippen LogP contribution in [0.5, 0.6) is 5.75 Å². The summed E-state index contributed by atoms with van der Waals surface area (Å²) in [6.07, 6.45) is 4.42. The Morgan fingerprint density at radius 2 is 1.86 bits per heavy atom. The summed E-state index contributed by atoms with van der Waals surface area (Å²) in [4.78, 5) is 16.2. The maximum Gasteiger partial charge on any atom is 0.264 e. The number of fused-ring (bicyclic) bond motifs is 1. The molecule has 9 heteroatoms. The molecule has 1 aromatic heterocycles. The Balaban J connectivity index is 1.35. The van der Waals surface area contributed by atoms with E-state index in [0.717, 1.165) is 40.8 Å². The van der Waals surface area contributed by atoms with Crippen molar-refractivity contribution in [3.63, 3.8) is 0 Å². The van der Waals surface area contributed by atoms with Crippen molar-refractivity contribution >= 4 is 15.9 Å². The predicted octanol–water partition coefficient (Wildman–Crippen LogP) is 3.62. The molecule has 0 aliphatic carbocycles. The van der Waals surface area contributed by atoms with Crippen molar-refractivity contribution in [1.29, 1.82) is 0 Å². The first kappa shape index (κ1) is 26.8. The Kier molecular flexibility index (Phi) is 7.96. The zero-order valence-electron chi connectivity index (χ0n) is 21.3. The molecule has 8 nitrogen and oxygen atoms in total. The van der Waals surface area contributed by atoms with Gasteiger partial charge in [0.2, 0.25) is 5.91 Å². The van der Waals surface area contributed by atoms with Crippen molar-refractivity contribution < 1.29 is 23.1 Å². The van der Waals surface area contributed by atoms with E-state index in [1.807, 2.05) is 18.2 Å². The van der Waals surface area contributed by atoms with E-state index in [2.05, 4.69) is 21.1 Å². The van der Waals surface area contributed by atoms with Crippen LogP contribution in [-0.4, -0.2) is 43.6 Å². The number of pyridine rings is 1. The fourth-order valence-corrected chi connectivity index (χ4v) is 5.16. The summed E-state index contributed by atoms with van der Waals surface area (Å²) in [6.45, 7) is 6.03. The van der Waals surface area contributed by atoms with Crippen LogP contribution in [0.15, 0.2) is 71.9 Å². The number of aliphatic hydroxyl groups is 1. The van der Waals surface area contributed by atoms with Crippen molar-refractivity contribution in [2.24, 2.45) is 5.41 Å². The Hall–Kier alpha value is -3.27. The smallest absolute Gasteiger partial charge is 0.264 e. The fourth-order valence-electron chi connectivity index (χ4n) is 4.00. The molecule has 0 radical (unpaired) electrons. The number of carbonyl (C=O) groups is 1. The van der Waals surface area contributed by atoms with Gasteiger partial charge in [-0.05, 0) is 59.9 Å². The van der Waals surface area contributed by atoms with Crippen molar-refractivity contribution in [3.8, 4) is 16.9 Å². The molecule has 0 saturated heterocycles. The van der Waals surface area contributed by atoms with Gasteiger partial charge in [0.25, 0.3) is 10.0 Å². The third-order valence-corrected chi connectivity index (χ3v) is 7.62. The second-order valence-electron chi connectivity index (χ2n) is 10.3. The maximum atomic E-state index is 12.6. The molecule has 37 heavy (non-hydrogen) atoms. The Morgan fingerprint density at radius 3 is 2.54 bits per heavy atom. The SMILES string of the molecule is CC(C)(C)C(=O)NS(=O)(=O)c1ccc(-c2ccc3c(c2)CC[C@H](CNC[C@@H](O)c2cccnc2)O3)cc1. The number of nitrogens with zero attached hydrogens (tertiary/aromatic N) is 1. The largest absolute Gasteiger partial charge is 0.489 e. The average molecular weight is 524 g/mol. The monoisotopic (exact) mass is 523 g/mol. The van der Waals surface area contributed by atoms with Crippen LogP contribution in [0, 0.1) is 5.41 Å². The minimum absolute atomic E-state index is 0.00671. The van der Waals surface area contributed by atoms with Gasteiger partial charge < -0.3 is 15.2 Å². The van der Waals surface area contributed by atoms with Crippen LogP contribution in [0.4, 0.5) is 0 Å². The van der Waals surface area contributed by atoms with E-state index >= 15 is 0 Å². The van der Waals surface area contributed by atoms with Crippen LogP contribution in [0.2, 0.25) is 0 Å². The lowest BCUT2D eigenvalue weighted by Crippen LogP contribution is -2.38. The van der Waals surface area contributed by atoms with Crippen molar-refractivity contribution in [1.82, 2.24) is 15.0 Å². The van der Waals surface area contributed by atoms with E-state index in [1.54, 1.807) is 51.4 Å². The van der Waals surface area contributed by atoms with Gasteiger partial charge in [0.15, 0.2) is 0 Å². The number of sulfonamides is 1. The van der Waals surface area contributed by atoms with Crippen LogP contribution >= 0.6 is 0 Å². The molecule has 0 spiro atoms. The number of hydrogen-bond acceptors (Lipinski definition) is 7. The van der Waals surface area contributed by atoms with E-state index in [4.69, 9.17) is 4.74 Å². The fraction of sp³-hybridized carbons (Fsp3) is 0.357. The van der Waals surface area contributed by atoms with E-state index in [-0.39, 0.29) is 11.0 Å². The van der Waals surface area contributed by atoms with Gasteiger partial charge in [0.1, 0.15) is 11.9 Å². The zero-order valence-corrected chi connectivity index (χ0v) is 22.1. The summed E-state index contributed by atoms with van der Waals surface area (Å²) in [5, 5.41) is 13.6. The molecular weight excluding hydrogens is 490 g/mol. The first-order chi connectivity index (χ1) is 17.5. The molecule has 3 N–H and O–H groups in total. The molecule has 1 amide bonds. The van der Waals surface area contributed by atoms with E-state index in [9.17, 15) is 18.3 Å². The van der Waals surface area contributed by atoms with Gasteiger partial charge in [-0.15, -0.1) is 0 Å². The summed E-state index contributed by atoms with van der Waals surface area (Å²) >= 11 is 0. The molecule has 0 bridgehead atoms. The van der Waals surface area contributed by atoms with Crippen LogP contribution in [0.1, 0.15) is 44.4 Å². The average Bonchev–Trinajstić information content (AvgIpc) is 2.88. The van der Waals surface area contributed by atoms with Gasteiger partial charge in [-0.25, -0.2) is 13.1 Å². The molecule has 1 aliphatic rings. The Labute approximate surface area is 218 Å². The summed E-state index contributed by atoms with van der Waals surface area (Å²) in [5.74, 6) is 0.281. The predicted molar refractivity (Wildman–Crippen MR) is 141 cm³/mol. The summed E-state index contributed by atoms with van der Waals surface area (Å²) < 4.78 is 33.5. The lowest BCUT2D eigenvalue weighted by Gasteiger charge is -2.27. The highest BCUT2D eigenvalue weighted by Gasteiger charge is 2.27. The molecule has 4 rings (SSSR count). The normalized spacial score (nSPS) is 16.4. The molecule has 2 aromatic carbocycles. The lowest BCUT2D eigenvalue weighted by molar-refractivity contribution is -0.126. The van der Waals surface area contributed by atoms with Crippen LogP contribution in [-0.2, 0) is 21.2 Å². The number of aryl methyl sites for hydroxylation is 1. The third kappa shape index (κ3) is 6.74. The quantitative estimate of drug-likeness (QED) is 0.413. The highest BCUT2D eigenvalue weighted by atomic mass is 32.2. The number of amides is 1. The molecule has 2 atom stereocenters. The van der Waals surface area contributed by atoms with Gasteiger partial charge in [0, 0.05) is 36.5 Å². The lowest BCUT2D eigenvalue weighted by atomic mass is 9.96. The van der Waals surface area contributed by atoms with Crippen molar-refractivity contribution in [2.75, 3.05) is 13.1 Å². The number of nitrogens with one attached hydrogen (secondary N) is 2. The van der Waals surface area contributed by atoms with E-state index in [0.29, 0.717) is 13.1 Å². The first-order valence-electron chi connectivity index (χ1n) is 12.3. The number of carbonyl (C=O) groups excluding carboxylic acids is 1. The molecular formula is C28H33N3O5S. The summed E-state index contributed by atoms with van der Waals surface area (Å²) in [7, 11) is -3.94. The zero-order chi connectivity index (χ0) is 26.6. The van der Waals surface area contributed by atoms with Gasteiger partial charge in [-0.1, -0.05) is 45.0 Å². The Bertz CT molecular complexity index is 1340. The number of aromatic nitrogens is 1. The standard InChI is InChI=1S/C28H33N3O5S/c1-28(2,3)27(33)31-37(34,35)24-11-7-19(8-12-24)20-9-13-26-21(15-20)6-10-23(36-26)17-30-18-25(32)22-5-4-14-29-16-22/h4-5,7-9,11-16,23,25,30,32H,6,10,17-18H2,1-3H3,(H,31,33)/t23-,25-/m1/s1. The number of ether oxygens (including phenoxy) is 1. The van der Waals surface area contributed by atoms with Gasteiger partial charge >= 0.3 is 0 Å². The van der Waals surface area contributed by atoms with E-state index in [1.165, 1.54) is 12.1 Å². The van der Waals surface area contributed by atoms with Gasteiger partial charge in [-0.3, -0.25) is 9.78 Å². The molecule has 0 saturated carbocycles. The van der Waals surface area contributed by atoms with Crippen LogP contribution in [0.3, 0.4) is 0 Å². The molecule has 1 aliphatic heterocycles. The molecule has 0 unspecified atom stereocenters. The summed E-state index contributed by atoms with van der Waals surface area (Å²) in [6, 6.07) is 16.1. The summed E-state index contributed by atoms with van der Waals surface area (Å²) in [5.41, 5.74) is 2.89. The van der Waals surface area contributed by atoms with Gasteiger partial charge in [-0.2, -0.15) is 0 Å². The molecule has 3 aromatic rings.